The SMILES string of the molecule is COc1ccc(OC)c(C(=O)Nc2cccc3c(=O)n(CC(C)(C)C)ccc23)c1. The van der Waals surface area contributed by atoms with Crippen LogP contribution in [0.4, 0.5) is 5.69 Å². The zero-order valence-electron chi connectivity index (χ0n) is 17.4. The van der Waals surface area contributed by atoms with Crippen molar-refractivity contribution in [3.63, 3.8) is 0 Å². The summed E-state index contributed by atoms with van der Waals surface area (Å²) < 4.78 is 12.2. The standard InChI is InChI=1S/C23H26N2O4/c1-23(2,3)14-25-12-11-16-17(22(25)27)7-6-8-19(16)24-21(26)18-13-15(28-4)9-10-20(18)29-5/h6-13H,14H2,1-5H3,(H,24,26). The fraction of sp³-hybridized carbons (Fsp3) is 0.304. The molecule has 0 saturated carbocycles. The number of ether oxygens (including phenoxy) is 2. The van der Waals surface area contributed by atoms with Gasteiger partial charge in [-0.15, -0.1) is 0 Å². The molecular weight excluding hydrogens is 368 g/mol. The molecule has 152 valence electrons. The maximum atomic E-state index is 12.9. The van der Waals surface area contributed by atoms with Crippen LogP contribution in [0.25, 0.3) is 10.8 Å². The molecule has 1 heterocycles. The van der Waals surface area contributed by atoms with Crippen molar-refractivity contribution in [1.82, 2.24) is 4.57 Å². The van der Waals surface area contributed by atoms with Crippen LogP contribution in [0.1, 0.15) is 31.1 Å². The lowest BCUT2D eigenvalue weighted by Crippen LogP contribution is -2.26. The molecule has 0 aliphatic carbocycles. The highest BCUT2D eigenvalue weighted by atomic mass is 16.5. The van der Waals surface area contributed by atoms with Crippen molar-refractivity contribution >= 4 is 22.4 Å². The zero-order chi connectivity index (χ0) is 21.2. The molecule has 0 fully saturated rings. The molecule has 0 radical (unpaired) electrons. The number of amides is 1. The number of carbonyl (C=O) groups excluding carboxylic acids is 1. The first-order valence-electron chi connectivity index (χ1n) is 9.39. The van der Waals surface area contributed by atoms with Gasteiger partial charge in [-0.05, 0) is 41.8 Å². The summed E-state index contributed by atoms with van der Waals surface area (Å²) in [5.74, 6) is 0.655. The van der Waals surface area contributed by atoms with E-state index in [2.05, 4.69) is 26.1 Å². The van der Waals surface area contributed by atoms with Crippen LogP contribution >= 0.6 is 0 Å². The lowest BCUT2D eigenvalue weighted by atomic mass is 9.96. The predicted molar refractivity (Wildman–Crippen MR) is 115 cm³/mol. The third kappa shape index (κ3) is 4.42. The molecule has 0 saturated heterocycles. The lowest BCUT2D eigenvalue weighted by molar-refractivity contribution is 0.102. The van der Waals surface area contributed by atoms with Crippen LogP contribution in [0.2, 0.25) is 0 Å². The quantitative estimate of drug-likeness (QED) is 0.700. The summed E-state index contributed by atoms with van der Waals surface area (Å²) in [6.07, 6.45) is 1.78. The minimum atomic E-state index is -0.341. The number of nitrogens with zero attached hydrogens (tertiary/aromatic N) is 1. The number of hydrogen-bond donors (Lipinski definition) is 1. The monoisotopic (exact) mass is 394 g/mol. The number of carbonyl (C=O) groups is 1. The van der Waals surface area contributed by atoms with Crippen molar-refractivity contribution < 1.29 is 14.3 Å². The minimum Gasteiger partial charge on any atom is -0.497 e. The van der Waals surface area contributed by atoms with Crippen molar-refractivity contribution in [1.29, 1.82) is 0 Å². The maximum Gasteiger partial charge on any atom is 0.259 e. The Labute approximate surface area is 170 Å². The Morgan fingerprint density at radius 3 is 2.45 bits per heavy atom. The highest BCUT2D eigenvalue weighted by Gasteiger charge is 2.17. The van der Waals surface area contributed by atoms with E-state index in [1.807, 2.05) is 6.07 Å². The van der Waals surface area contributed by atoms with Gasteiger partial charge in [0.05, 0.1) is 19.8 Å². The van der Waals surface area contributed by atoms with E-state index in [0.29, 0.717) is 40.1 Å². The average molecular weight is 394 g/mol. The van der Waals surface area contributed by atoms with Crippen LogP contribution in [0, 0.1) is 5.41 Å². The summed E-state index contributed by atoms with van der Waals surface area (Å²) in [7, 11) is 3.05. The van der Waals surface area contributed by atoms with Crippen molar-refractivity contribution in [3.8, 4) is 11.5 Å². The first-order valence-corrected chi connectivity index (χ1v) is 9.39. The van der Waals surface area contributed by atoms with E-state index in [0.717, 1.165) is 0 Å². The van der Waals surface area contributed by atoms with Gasteiger partial charge in [0, 0.05) is 29.2 Å². The summed E-state index contributed by atoms with van der Waals surface area (Å²) in [6.45, 7) is 6.87. The fourth-order valence-electron chi connectivity index (χ4n) is 3.24. The number of pyridine rings is 1. The molecule has 0 atom stereocenters. The zero-order valence-corrected chi connectivity index (χ0v) is 17.4. The van der Waals surface area contributed by atoms with E-state index >= 15 is 0 Å². The molecule has 0 aliphatic heterocycles. The Bertz CT molecular complexity index is 1110. The molecule has 0 bridgehead atoms. The molecule has 3 rings (SSSR count). The third-order valence-corrected chi connectivity index (χ3v) is 4.56. The van der Waals surface area contributed by atoms with E-state index in [1.165, 1.54) is 14.2 Å². The van der Waals surface area contributed by atoms with Crippen molar-refractivity contribution in [2.45, 2.75) is 27.3 Å². The van der Waals surface area contributed by atoms with Gasteiger partial charge in [-0.3, -0.25) is 9.59 Å². The highest BCUT2D eigenvalue weighted by molar-refractivity contribution is 6.10. The van der Waals surface area contributed by atoms with Crippen LogP contribution in [0.15, 0.2) is 53.5 Å². The second-order valence-electron chi connectivity index (χ2n) is 8.10. The summed E-state index contributed by atoms with van der Waals surface area (Å²) in [5.41, 5.74) is 0.821. The number of benzene rings is 2. The molecule has 6 nitrogen and oxygen atoms in total. The molecule has 0 unspecified atom stereocenters. The van der Waals surface area contributed by atoms with Crippen molar-refractivity contribution in [2.24, 2.45) is 5.41 Å². The first-order chi connectivity index (χ1) is 13.7. The van der Waals surface area contributed by atoms with Crippen LogP contribution in [0.5, 0.6) is 11.5 Å². The first kappa shape index (κ1) is 20.5. The Hall–Kier alpha value is -3.28. The lowest BCUT2D eigenvalue weighted by Gasteiger charge is -2.20. The smallest absolute Gasteiger partial charge is 0.259 e. The van der Waals surface area contributed by atoms with Crippen LogP contribution in [-0.4, -0.2) is 24.7 Å². The Morgan fingerprint density at radius 2 is 1.79 bits per heavy atom. The van der Waals surface area contributed by atoms with Gasteiger partial charge >= 0.3 is 0 Å². The summed E-state index contributed by atoms with van der Waals surface area (Å²) in [4.78, 5) is 25.8. The molecule has 6 heteroatoms. The van der Waals surface area contributed by atoms with E-state index in [1.54, 1.807) is 47.2 Å². The topological polar surface area (TPSA) is 69.6 Å². The number of nitrogens with one attached hydrogen (secondary N) is 1. The average Bonchev–Trinajstić information content (AvgIpc) is 2.69. The number of fused-ring (bicyclic) bond motifs is 1. The molecule has 2 aromatic carbocycles. The van der Waals surface area contributed by atoms with Crippen molar-refractivity contribution in [2.75, 3.05) is 19.5 Å². The number of methoxy groups -OCH3 is 2. The Kier molecular flexibility index (Phi) is 5.64. The fourth-order valence-corrected chi connectivity index (χ4v) is 3.24. The van der Waals surface area contributed by atoms with Crippen LogP contribution in [0.3, 0.4) is 0 Å². The normalized spacial score (nSPS) is 11.3. The van der Waals surface area contributed by atoms with E-state index < -0.39 is 0 Å². The molecule has 1 aromatic heterocycles. The molecule has 3 aromatic rings. The van der Waals surface area contributed by atoms with E-state index in [-0.39, 0.29) is 16.9 Å². The molecule has 0 spiro atoms. The summed E-state index contributed by atoms with van der Waals surface area (Å²) >= 11 is 0. The maximum absolute atomic E-state index is 12.9. The molecule has 0 aliphatic rings. The molecule has 1 N–H and O–H groups in total. The van der Waals surface area contributed by atoms with Gasteiger partial charge in [-0.1, -0.05) is 26.8 Å². The third-order valence-electron chi connectivity index (χ3n) is 4.56. The van der Waals surface area contributed by atoms with E-state index in [9.17, 15) is 9.59 Å². The number of anilines is 1. The second kappa shape index (κ2) is 7.99. The van der Waals surface area contributed by atoms with Gasteiger partial charge in [-0.2, -0.15) is 0 Å². The van der Waals surface area contributed by atoms with E-state index in [4.69, 9.17) is 9.47 Å². The number of rotatable bonds is 5. The molecular formula is C23H26N2O4. The summed E-state index contributed by atoms with van der Waals surface area (Å²) in [5, 5.41) is 4.15. The minimum absolute atomic E-state index is 0.0216. The van der Waals surface area contributed by atoms with Crippen LogP contribution < -0.4 is 20.3 Å². The Balaban J connectivity index is 2.00. The van der Waals surface area contributed by atoms with Gasteiger partial charge < -0.3 is 19.4 Å². The molecule has 29 heavy (non-hydrogen) atoms. The van der Waals surface area contributed by atoms with Crippen LogP contribution in [-0.2, 0) is 6.54 Å². The number of hydrogen-bond acceptors (Lipinski definition) is 4. The van der Waals surface area contributed by atoms with Crippen molar-refractivity contribution in [3.05, 3.63) is 64.6 Å². The predicted octanol–water partition coefficient (Wildman–Crippen LogP) is 4.32. The largest absolute Gasteiger partial charge is 0.497 e. The van der Waals surface area contributed by atoms with Gasteiger partial charge in [-0.25, -0.2) is 0 Å². The Morgan fingerprint density at radius 1 is 1.03 bits per heavy atom. The molecule has 1 amide bonds. The van der Waals surface area contributed by atoms with Gasteiger partial charge in [0.25, 0.3) is 11.5 Å². The van der Waals surface area contributed by atoms with Gasteiger partial charge in [0.1, 0.15) is 11.5 Å². The van der Waals surface area contributed by atoms with Gasteiger partial charge in [0.15, 0.2) is 0 Å². The number of aromatic nitrogens is 1. The second-order valence-corrected chi connectivity index (χ2v) is 8.10. The highest BCUT2D eigenvalue weighted by Crippen LogP contribution is 2.27. The van der Waals surface area contributed by atoms with Gasteiger partial charge in [0.2, 0.25) is 0 Å². The summed E-state index contributed by atoms with van der Waals surface area (Å²) in [6, 6.07) is 12.2.